The van der Waals surface area contributed by atoms with E-state index in [4.69, 9.17) is 9.73 Å². The first kappa shape index (κ1) is 25.7. The van der Waals surface area contributed by atoms with Crippen molar-refractivity contribution in [2.75, 3.05) is 25.2 Å². The average Bonchev–Trinajstić information content (AvgIpc) is 3.41. The molecule has 1 atom stereocenters. The van der Waals surface area contributed by atoms with Crippen LogP contribution in [0.2, 0.25) is 0 Å². The Labute approximate surface area is 230 Å². The van der Waals surface area contributed by atoms with Gasteiger partial charge in [-0.3, -0.25) is 15.0 Å². The van der Waals surface area contributed by atoms with Crippen molar-refractivity contribution in [1.82, 2.24) is 14.6 Å². The lowest BCUT2D eigenvalue weighted by atomic mass is 9.98. The molecule has 0 bridgehead atoms. The minimum Gasteiger partial charge on any atom is -0.495 e. The van der Waals surface area contributed by atoms with Crippen LogP contribution in [0, 0.1) is 24.4 Å². The van der Waals surface area contributed by atoms with Crippen molar-refractivity contribution in [2.45, 2.75) is 25.8 Å². The molecule has 40 heavy (non-hydrogen) atoms. The quantitative estimate of drug-likeness (QED) is 0.264. The third kappa shape index (κ3) is 4.72. The van der Waals surface area contributed by atoms with Gasteiger partial charge in [-0.05, 0) is 54.7 Å². The Kier molecular flexibility index (Phi) is 6.79. The number of piperidine rings is 1. The van der Waals surface area contributed by atoms with Gasteiger partial charge in [-0.15, -0.1) is 0 Å². The second kappa shape index (κ2) is 10.6. The Hall–Kier alpha value is -4.53. The Morgan fingerprint density at radius 2 is 1.77 bits per heavy atom. The van der Waals surface area contributed by atoms with Crippen molar-refractivity contribution in [3.63, 3.8) is 0 Å². The molecule has 4 aromatic rings. The molecule has 3 aromatic carbocycles. The topological polar surface area (TPSA) is 45.9 Å². The van der Waals surface area contributed by atoms with E-state index in [1.54, 1.807) is 13.4 Å². The van der Waals surface area contributed by atoms with Crippen molar-refractivity contribution in [2.24, 2.45) is 4.99 Å². The number of aryl methyl sites for hydroxylation is 1. The summed E-state index contributed by atoms with van der Waals surface area (Å²) in [5.74, 6) is -2.49. The number of rotatable bonds is 5. The molecular weight excluding hydrogens is 515 g/mol. The minimum atomic E-state index is -1.48. The highest BCUT2D eigenvalue weighted by atomic mass is 19.2. The van der Waals surface area contributed by atoms with E-state index >= 15 is 0 Å². The lowest BCUT2D eigenvalue weighted by Gasteiger charge is -2.48. The third-order valence-electron chi connectivity index (χ3n) is 7.27. The molecule has 6 nitrogen and oxygen atoms in total. The van der Waals surface area contributed by atoms with Gasteiger partial charge < -0.3 is 9.30 Å². The molecule has 204 valence electrons. The van der Waals surface area contributed by atoms with Crippen LogP contribution in [0.15, 0.2) is 83.8 Å². The summed E-state index contributed by atoms with van der Waals surface area (Å²) in [5.41, 5.74) is 4.90. The zero-order chi connectivity index (χ0) is 27.8. The van der Waals surface area contributed by atoms with Gasteiger partial charge in [0.05, 0.1) is 43.1 Å². The zero-order valence-electron chi connectivity index (χ0n) is 22.2. The molecule has 0 amide bonds. The van der Waals surface area contributed by atoms with E-state index in [1.807, 2.05) is 76.2 Å². The fourth-order valence-corrected chi connectivity index (χ4v) is 5.42. The maximum atomic E-state index is 14.4. The van der Waals surface area contributed by atoms with Crippen LogP contribution in [0.5, 0.6) is 5.75 Å². The molecule has 1 aromatic heterocycles. The Bertz CT molecular complexity index is 1590. The third-order valence-corrected chi connectivity index (χ3v) is 7.27. The Morgan fingerprint density at radius 1 is 1.00 bits per heavy atom. The molecular formula is C31H28F3N5O. The summed E-state index contributed by atoms with van der Waals surface area (Å²) in [4.78, 5) is 9.27. The smallest absolute Gasteiger partial charge is 0.194 e. The zero-order valence-corrected chi connectivity index (χ0v) is 22.2. The Morgan fingerprint density at radius 3 is 2.48 bits per heavy atom. The fourth-order valence-electron chi connectivity index (χ4n) is 5.42. The highest BCUT2D eigenvalue weighted by Gasteiger charge is 2.36. The normalized spacial score (nSPS) is 18.1. The Balaban J connectivity index is 1.40. The number of imidazole rings is 1. The first-order valence-electron chi connectivity index (χ1n) is 13.1. The summed E-state index contributed by atoms with van der Waals surface area (Å²) in [7, 11) is 1.63. The van der Waals surface area contributed by atoms with Crippen molar-refractivity contribution >= 4 is 17.6 Å². The molecule has 0 saturated carbocycles. The number of aromatic nitrogens is 2. The molecule has 0 spiro atoms. The largest absolute Gasteiger partial charge is 0.495 e. The minimum absolute atomic E-state index is 0.237. The predicted octanol–water partition coefficient (Wildman–Crippen LogP) is 6.66. The van der Waals surface area contributed by atoms with E-state index in [1.165, 1.54) is 0 Å². The second-order valence-electron chi connectivity index (χ2n) is 9.91. The molecule has 0 radical (unpaired) electrons. The van der Waals surface area contributed by atoms with Crippen molar-refractivity contribution in [3.8, 4) is 11.4 Å². The summed E-state index contributed by atoms with van der Waals surface area (Å²) < 4.78 is 50.4. The summed E-state index contributed by atoms with van der Waals surface area (Å²) in [6, 6.07) is 17.4. The van der Waals surface area contributed by atoms with Crippen LogP contribution < -0.4 is 9.75 Å². The fraction of sp³-hybridized carbons (Fsp3) is 0.226. The van der Waals surface area contributed by atoms with Gasteiger partial charge in [0.1, 0.15) is 11.6 Å². The van der Waals surface area contributed by atoms with Gasteiger partial charge in [-0.1, -0.05) is 36.4 Å². The molecule has 0 N–H and O–H groups in total. The predicted molar refractivity (Wildman–Crippen MR) is 149 cm³/mol. The van der Waals surface area contributed by atoms with Crippen molar-refractivity contribution in [3.05, 3.63) is 113 Å². The van der Waals surface area contributed by atoms with E-state index in [9.17, 15) is 13.2 Å². The highest BCUT2D eigenvalue weighted by Crippen LogP contribution is 2.38. The number of hydrogen-bond donors (Lipinski definition) is 0. The number of hydrazine groups is 1. The second-order valence-corrected chi connectivity index (χ2v) is 9.91. The maximum absolute atomic E-state index is 14.4. The standard InChI is InChI=1S/C31H28F3N5O/c1-20-18-37(19-36-20)27-11-10-21(14-29(27)40-2)13-23-9-6-12-38-31(23)35-17-28(22-7-4-3-5-8-22)39(38)24-15-25(32)30(34)26(33)16-24/h3-5,7-8,10-11,13-16,18-19,28H,6,9,12,17H2,1-2H3. The van der Waals surface area contributed by atoms with Crippen molar-refractivity contribution < 1.29 is 17.9 Å². The van der Waals surface area contributed by atoms with Gasteiger partial charge in [0.15, 0.2) is 17.5 Å². The number of nitrogens with zero attached hydrogens (tertiary/aromatic N) is 5. The van der Waals surface area contributed by atoms with Gasteiger partial charge in [-0.2, -0.15) is 0 Å². The monoisotopic (exact) mass is 543 g/mol. The molecule has 3 heterocycles. The molecule has 1 unspecified atom stereocenters. The van der Waals surface area contributed by atoms with Crippen LogP contribution in [0.1, 0.15) is 35.7 Å². The van der Waals surface area contributed by atoms with Crippen LogP contribution in [-0.2, 0) is 0 Å². The number of halogens is 3. The van der Waals surface area contributed by atoms with E-state index in [-0.39, 0.29) is 11.7 Å². The lowest BCUT2D eigenvalue weighted by Crippen LogP contribution is -2.55. The van der Waals surface area contributed by atoms with Gasteiger partial charge in [-0.25, -0.2) is 18.2 Å². The first-order valence-corrected chi connectivity index (χ1v) is 13.1. The number of methoxy groups -OCH3 is 1. The summed E-state index contributed by atoms with van der Waals surface area (Å²) in [6.45, 7) is 2.90. The van der Waals surface area contributed by atoms with E-state index in [2.05, 4.69) is 11.1 Å². The van der Waals surface area contributed by atoms with E-state index < -0.39 is 17.5 Å². The van der Waals surface area contributed by atoms with E-state index in [0.717, 1.165) is 58.9 Å². The summed E-state index contributed by atoms with van der Waals surface area (Å²) >= 11 is 0. The molecule has 1 saturated heterocycles. The average molecular weight is 544 g/mol. The van der Waals surface area contributed by atoms with Crippen LogP contribution in [0.25, 0.3) is 11.8 Å². The summed E-state index contributed by atoms with van der Waals surface area (Å²) in [6.07, 6.45) is 7.35. The SMILES string of the molecule is COc1cc(C=C2CCCN3C2=NCC(c2ccccc2)N3c2cc(F)c(F)c(F)c2)ccc1-n1cnc(C)c1. The summed E-state index contributed by atoms with van der Waals surface area (Å²) in [5, 5.41) is 3.81. The number of ether oxygens (including phenoxy) is 1. The number of hydrogen-bond acceptors (Lipinski definition) is 5. The number of aliphatic imine (C=N–C) groups is 1. The number of amidine groups is 1. The number of fused-ring (bicyclic) bond motifs is 1. The van der Waals surface area contributed by atoms with Crippen molar-refractivity contribution in [1.29, 1.82) is 0 Å². The van der Waals surface area contributed by atoms with Gasteiger partial charge in [0, 0.05) is 24.9 Å². The molecule has 6 rings (SSSR count). The van der Waals surface area contributed by atoms with Crippen LogP contribution in [-0.4, -0.2) is 40.6 Å². The number of anilines is 1. The maximum Gasteiger partial charge on any atom is 0.194 e. The van der Waals surface area contributed by atoms with Gasteiger partial charge >= 0.3 is 0 Å². The van der Waals surface area contributed by atoms with Crippen LogP contribution >= 0.6 is 0 Å². The van der Waals surface area contributed by atoms with Gasteiger partial charge in [0.2, 0.25) is 0 Å². The molecule has 2 aliphatic heterocycles. The first-order chi connectivity index (χ1) is 19.4. The van der Waals surface area contributed by atoms with Crippen LogP contribution in [0.4, 0.5) is 18.9 Å². The van der Waals surface area contributed by atoms with Gasteiger partial charge in [0.25, 0.3) is 0 Å². The number of benzene rings is 3. The lowest BCUT2D eigenvalue weighted by molar-refractivity contribution is 0.304. The molecule has 0 aliphatic carbocycles. The van der Waals surface area contributed by atoms with E-state index in [0.29, 0.717) is 18.8 Å². The molecule has 1 fully saturated rings. The molecule has 9 heteroatoms. The molecule has 2 aliphatic rings. The van der Waals surface area contributed by atoms with Crippen LogP contribution in [0.3, 0.4) is 0 Å². The highest BCUT2D eigenvalue weighted by molar-refractivity contribution is 6.04.